The van der Waals surface area contributed by atoms with Gasteiger partial charge in [0.1, 0.15) is 12.3 Å². The van der Waals surface area contributed by atoms with Gasteiger partial charge in [-0.05, 0) is 19.9 Å². The Labute approximate surface area is 110 Å². The number of nitrogens with zero attached hydrogens (tertiary/aromatic N) is 4. The van der Waals surface area contributed by atoms with Crippen molar-refractivity contribution in [3.63, 3.8) is 0 Å². The van der Waals surface area contributed by atoms with E-state index >= 15 is 0 Å². The molecule has 0 bridgehead atoms. The van der Waals surface area contributed by atoms with E-state index < -0.39 is 4.92 Å². The first-order valence-corrected chi connectivity index (χ1v) is 6.14. The van der Waals surface area contributed by atoms with Gasteiger partial charge >= 0.3 is 5.69 Å². The average molecular weight is 267 g/mol. The summed E-state index contributed by atoms with van der Waals surface area (Å²) in [6.07, 6.45) is 2.82. The van der Waals surface area contributed by atoms with Crippen molar-refractivity contribution in [2.75, 3.05) is 32.5 Å². The van der Waals surface area contributed by atoms with E-state index in [1.54, 1.807) is 7.05 Å². The smallest absolute Gasteiger partial charge is 0.349 e. The van der Waals surface area contributed by atoms with Crippen LogP contribution in [0.15, 0.2) is 6.20 Å². The summed E-state index contributed by atoms with van der Waals surface area (Å²) in [6.45, 7) is 1.84. The highest BCUT2D eigenvalue weighted by Crippen LogP contribution is 2.27. The minimum absolute atomic E-state index is 0.0329. The maximum Gasteiger partial charge on any atom is 0.349 e. The monoisotopic (exact) mass is 267 g/mol. The third-order valence-corrected chi connectivity index (χ3v) is 3.10. The van der Waals surface area contributed by atoms with Gasteiger partial charge in [-0.1, -0.05) is 0 Å². The van der Waals surface area contributed by atoms with Crippen molar-refractivity contribution in [2.45, 2.75) is 18.9 Å². The fraction of sp³-hybridized carbons (Fsp3) is 0.636. The van der Waals surface area contributed by atoms with Crippen LogP contribution in [0.4, 0.5) is 11.6 Å². The molecule has 8 heteroatoms. The molecule has 0 unspecified atom stereocenters. The number of piperidine rings is 1. The Morgan fingerprint density at radius 2 is 2.21 bits per heavy atom. The van der Waals surface area contributed by atoms with Crippen molar-refractivity contribution in [1.29, 1.82) is 0 Å². The first kappa shape index (κ1) is 13.5. The Balaban J connectivity index is 2.15. The number of hydrogen-bond donors (Lipinski definition) is 1. The van der Waals surface area contributed by atoms with E-state index in [2.05, 4.69) is 20.2 Å². The Hall–Kier alpha value is -1.96. The molecule has 1 N–H and O–H groups in total. The van der Waals surface area contributed by atoms with Crippen LogP contribution in [0.25, 0.3) is 0 Å². The molecule has 8 nitrogen and oxygen atoms in total. The first-order chi connectivity index (χ1) is 9.10. The largest absolute Gasteiger partial charge is 0.469 e. The quantitative estimate of drug-likeness (QED) is 0.639. The predicted octanol–water partition coefficient (Wildman–Crippen LogP) is 0.899. The summed E-state index contributed by atoms with van der Waals surface area (Å²) >= 11 is 0. The highest BCUT2D eigenvalue weighted by atomic mass is 16.6. The van der Waals surface area contributed by atoms with Gasteiger partial charge in [0.25, 0.3) is 5.88 Å². The Morgan fingerprint density at radius 3 is 2.79 bits per heavy atom. The zero-order valence-electron chi connectivity index (χ0n) is 11.0. The standard InChI is InChI=1S/C11H17N5O3/c1-12-11-13-7-9(16(17)18)10(14-11)19-8-3-5-15(2)6-4-8/h7-8H,3-6H2,1-2H3,(H,12,13,14). The van der Waals surface area contributed by atoms with E-state index in [1.165, 1.54) is 6.20 Å². The molecule has 0 aliphatic carbocycles. The van der Waals surface area contributed by atoms with Gasteiger partial charge < -0.3 is 15.0 Å². The van der Waals surface area contributed by atoms with Crippen LogP contribution in [0, 0.1) is 10.1 Å². The maximum atomic E-state index is 10.9. The van der Waals surface area contributed by atoms with Crippen molar-refractivity contribution in [1.82, 2.24) is 14.9 Å². The first-order valence-electron chi connectivity index (χ1n) is 6.14. The van der Waals surface area contributed by atoms with Crippen LogP contribution in [0.1, 0.15) is 12.8 Å². The van der Waals surface area contributed by atoms with E-state index in [9.17, 15) is 10.1 Å². The number of rotatable bonds is 4. The van der Waals surface area contributed by atoms with Gasteiger partial charge in [0.15, 0.2) is 0 Å². The summed E-state index contributed by atoms with van der Waals surface area (Å²) in [5.74, 6) is 0.354. The number of aromatic nitrogens is 2. The van der Waals surface area contributed by atoms with Crippen molar-refractivity contribution in [2.24, 2.45) is 0 Å². The molecule has 2 heterocycles. The SMILES string of the molecule is CNc1ncc([N+](=O)[O-])c(OC2CCN(C)CC2)n1. The van der Waals surface area contributed by atoms with Gasteiger partial charge in [0.05, 0.1) is 4.92 Å². The maximum absolute atomic E-state index is 10.9. The molecular formula is C11H17N5O3. The molecule has 1 aromatic rings. The predicted molar refractivity (Wildman–Crippen MR) is 69.4 cm³/mol. The molecule has 1 aliphatic heterocycles. The van der Waals surface area contributed by atoms with Crippen molar-refractivity contribution in [3.8, 4) is 5.88 Å². The lowest BCUT2D eigenvalue weighted by Crippen LogP contribution is -2.35. The van der Waals surface area contributed by atoms with E-state index in [1.807, 2.05) is 7.05 Å². The highest BCUT2D eigenvalue weighted by Gasteiger charge is 2.24. The Kier molecular flexibility index (Phi) is 4.10. The molecule has 2 rings (SSSR count). The number of ether oxygens (including phenoxy) is 1. The van der Waals surface area contributed by atoms with Crippen molar-refractivity contribution in [3.05, 3.63) is 16.3 Å². The summed E-state index contributed by atoms with van der Waals surface area (Å²) in [5.41, 5.74) is -0.196. The third-order valence-electron chi connectivity index (χ3n) is 3.10. The molecule has 0 aromatic carbocycles. The lowest BCUT2D eigenvalue weighted by atomic mass is 10.1. The van der Waals surface area contributed by atoms with E-state index in [0.29, 0.717) is 5.95 Å². The fourth-order valence-electron chi connectivity index (χ4n) is 1.95. The normalized spacial score (nSPS) is 17.2. The molecule has 0 atom stereocenters. The van der Waals surface area contributed by atoms with Crippen LogP contribution in [-0.2, 0) is 0 Å². The van der Waals surface area contributed by atoms with Crippen LogP contribution < -0.4 is 10.1 Å². The molecule has 0 amide bonds. The van der Waals surface area contributed by atoms with Gasteiger partial charge in [0, 0.05) is 20.1 Å². The van der Waals surface area contributed by atoms with Gasteiger partial charge in [-0.25, -0.2) is 4.98 Å². The summed E-state index contributed by atoms with van der Waals surface area (Å²) in [4.78, 5) is 20.5. The van der Waals surface area contributed by atoms with Crippen LogP contribution in [0.3, 0.4) is 0 Å². The molecule has 1 aliphatic rings. The molecule has 0 spiro atoms. The molecule has 19 heavy (non-hydrogen) atoms. The Bertz CT molecular complexity index is 460. The molecule has 104 valence electrons. The molecular weight excluding hydrogens is 250 g/mol. The summed E-state index contributed by atoms with van der Waals surface area (Å²) in [6, 6.07) is 0. The topological polar surface area (TPSA) is 93.4 Å². The summed E-state index contributed by atoms with van der Waals surface area (Å²) in [5, 5.41) is 13.7. The van der Waals surface area contributed by atoms with E-state index in [0.717, 1.165) is 25.9 Å². The molecule has 0 radical (unpaired) electrons. The van der Waals surface area contributed by atoms with Crippen molar-refractivity contribution >= 4 is 11.6 Å². The summed E-state index contributed by atoms with van der Waals surface area (Å²) < 4.78 is 5.68. The highest BCUT2D eigenvalue weighted by molar-refractivity contribution is 5.43. The van der Waals surface area contributed by atoms with Gasteiger partial charge in [0.2, 0.25) is 5.95 Å². The fourth-order valence-corrected chi connectivity index (χ4v) is 1.95. The van der Waals surface area contributed by atoms with E-state index in [-0.39, 0.29) is 17.7 Å². The van der Waals surface area contributed by atoms with Gasteiger partial charge in [-0.3, -0.25) is 10.1 Å². The number of nitrogens with one attached hydrogen (secondary N) is 1. The third kappa shape index (κ3) is 3.28. The zero-order chi connectivity index (χ0) is 13.8. The van der Waals surface area contributed by atoms with Crippen LogP contribution >= 0.6 is 0 Å². The second-order valence-corrected chi connectivity index (χ2v) is 4.51. The molecule has 1 saturated heterocycles. The van der Waals surface area contributed by atoms with Gasteiger partial charge in [-0.15, -0.1) is 0 Å². The molecule has 0 saturated carbocycles. The minimum Gasteiger partial charge on any atom is -0.469 e. The van der Waals surface area contributed by atoms with Crippen LogP contribution in [0.2, 0.25) is 0 Å². The Morgan fingerprint density at radius 1 is 1.53 bits per heavy atom. The molecule has 1 aromatic heterocycles. The second kappa shape index (κ2) is 5.79. The van der Waals surface area contributed by atoms with E-state index in [4.69, 9.17) is 4.74 Å². The van der Waals surface area contributed by atoms with Crippen LogP contribution in [0.5, 0.6) is 5.88 Å². The number of hydrogen-bond acceptors (Lipinski definition) is 7. The minimum atomic E-state index is -0.524. The van der Waals surface area contributed by atoms with Crippen molar-refractivity contribution < 1.29 is 9.66 Å². The number of likely N-dealkylation sites (tertiary alicyclic amines) is 1. The lowest BCUT2D eigenvalue weighted by molar-refractivity contribution is -0.386. The lowest BCUT2D eigenvalue weighted by Gasteiger charge is -2.28. The number of anilines is 1. The summed E-state index contributed by atoms with van der Waals surface area (Å²) in [7, 11) is 3.70. The second-order valence-electron chi connectivity index (χ2n) is 4.51. The zero-order valence-corrected chi connectivity index (χ0v) is 11.0. The molecule has 1 fully saturated rings. The van der Waals surface area contributed by atoms with Gasteiger partial charge in [-0.2, -0.15) is 4.98 Å². The number of nitro groups is 1. The van der Waals surface area contributed by atoms with Crippen LogP contribution in [-0.4, -0.2) is 53.1 Å². The average Bonchev–Trinajstić information content (AvgIpc) is 2.41.